The van der Waals surface area contributed by atoms with Crippen molar-refractivity contribution < 1.29 is 19.1 Å². The van der Waals surface area contributed by atoms with Crippen molar-refractivity contribution in [2.24, 2.45) is 0 Å². The summed E-state index contributed by atoms with van der Waals surface area (Å²) in [6.07, 6.45) is 4.05. The first-order valence-electron chi connectivity index (χ1n) is 11.3. The molecule has 2 aromatic rings. The number of fused-ring (bicyclic) bond motifs is 2. The van der Waals surface area contributed by atoms with Crippen molar-refractivity contribution in [2.45, 2.75) is 32.7 Å². The van der Waals surface area contributed by atoms with Gasteiger partial charge in [0, 0.05) is 50.6 Å². The minimum atomic E-state index is -0.264. The van der Waals surface area contributed by atoms with Crippen LogP contribution < -0.4 is 25.0 Å². The third-order valence-electron chi connectivity index (χ3n) is 5.89. The molecule has 3 heterocycles. The van der Waals surface area contributed by atoms with Gasteiger partial charge in [-0.1, -0.05) is 0 Å². The number of ether oxygens (including phenoxy) is 2. The molecule has 0 fully saturated rings. The van der Waals surface area contributed by atoms with Crippen LogP contribution in [-0.4, -0.2) is 66.6 Å². The Bertz CT molecular complexity index is 1120. The Kier molecular flexibility index (Phi) is 6.85. The average Bonchev–Trinajstić information content (AvgIpc) is 3.14. The van der Waals surface area contributed by atoms with Crippen molar-refractivity contribution >= 4 is 34.7 Å². The number of nitrogens with one attached hydrogen (secondary N) is 2. The highest BCUT2D eigenvalue weighted by atomic mass is 16.5. The molecule has 2 aliphatic heterocycles. The van der Waals surface area contributed by atoms with Gasteiger partial charge in [0.25, 0.3) is 5.91 Å². The number of aromatic nitrogens is 2. The molecule has 0 atom stereocenters. The van der Waals surface area contributed by atoms with Gasteiger partial charge in [-0.05, 0) is 32.4 Å². The Balaban J connectivity index is 1.74. The number of carbonyl (C=O) groups is 2. The number of amides is 2. The summed E-state index contributed by atoms with van der Waals surface area (Å²) in [5.41, 5.74) is 1.78. The molecule has 1 aromatic carbocycles. The van der Waals surface area contributed by atoms with E-state index >= 15 is 0 Å². The predicted molar refractivity (Wildman–Crippen MR) is 130 cm³/mol. The van der Waals surface area contributed by atoms with Crippen LogP contribution in [-0.2, 0) is 9.59 Å². The fourth-order valence-corrected chi connectivity index (χ4v) is 4.05. The Morgan fingerprint density at radius 2 is 2.00 bits per heavy atom. The van der Waals surface area contributed by atoms with E-state index in [4.69, 9.17) is 9.47 Å². The zero-order chi connectivity index (χ0) is 24.2. The predicted octanol–water partition coefficient (Wildman–Crippen LogP) is 2.74. The van der Waals surface area contributed by atoms with Gasteiger partial charge in [-0.15, -0.1) is 0 Å². The third kappa shape index (κ3) is 4.75. The van der Waals surface area contributed by atoms with Gasteiger partial charge in [0.2, 0.25) is 5.91 Å². The largest absolute Gasteiger partial charge is 0.493 e. The summed E-state index contributed by atoms with van der Waals surface area (Å²) in [6, 6.07) is 5.49. The standard InChI is InChI=1S/C24H30N6O4/c1-15(2)30-10-9-29(3)23-21-17(24(32)28-22(21)26-14-27-23)13-25-16-7-8-18(33-4)19(12-16)34-11-5-6-20(30)31/h7-8,12-15,25H,5-6,9-11H2,1-4H3,(H,26,27,28,32)/b17-13+. The summed E-state index contributed by atoms with van der Waals surface area (Å²) < 4.78 is 11.3. The number of benzene rings is 1. The fourth-order valence-electron chi connectivity index (χ4n) is 4.05. The molecular weight excluding hydrogens is 436 g/mol. The van der Waals surface area contributed by atoms with Crippen LogP contribution >= 0.6 is 0 Å². The van der Waals surface area contributed by atoms with Crippen LogP contribution in [0.25, 0.3) is 5.57 Å². The SMILES string of the molecule is COc1ccc2cc1OCCCC(=O)N(C(C)C)CCN(C)c1ncnc3c1/C(=C\N2)C(=O)N3. The van der Waals surface area contributed by atoms with Crippen LogP contribution in [0.2, 0.25) is 0 Å². The first-order chi connectivity index (χ1) is 16.4. The molecule has 4 rings (SSSR count). The lowest BCUT2D eigenvalue weighted by atomic mass is 10.1. The second-order valence-corrected chi connectivity index (χ2v) is 8.50. The summed E-state index contributed by atoms with van der Waals surface area (Å²) in [5, 5.41) is 5.99. The molecule has 0 spiro atoms. The minimum Gasteiger partial charge on any atom is -0.493 e. The van der Waals surface area contributed by atoms with Crippen LogP contribution in [0.3, 0.4) is 0 Å². The Labute approximate surface area is 199 Å². The third-order valence-corrected chi connectivity index (χ3v) is 5.89. The Hall–Kier alpha value is -3.82. The highest BCUT2D eigenvalue weighted by Gasteiger charge is 2.31. The second-order valence-electron chi connectivity index (χ2n) is 8.50. The number of methoxy groups -OCH3 is 1. The Morgan fingerprint density at radius 1 is 1.18 bits per heavy atom. The van der Waals surface area contributed by atoms with E-state index < -0.39 is 0 Å². The summed E-state index contributed by atoms with van der Waals surface area (Å²) >= 11 is 0. The van der Waals surface area contributed by atoms with Crippen LogP contribution in [0.4, 0.5) is 17.3 Å². The van der Waals surface area contributed by atoms with Crippen LogP contribution in [0, 0.1) is 0 Å². The molecule has 2 amide bonds. The van der Waals surface area contributed by atoms with E-state index in [2.05, 4.69) is 20.6 Å². The molecule has 2 aliphatic rings. The van der Waals surface area contributed by atoms with E-state index in [1.807, 2.05) is 36.8 Å². The highest BCUT2D eigenvalue weighted by Crippen LogP contribution is 2.36. The quantitative estimate of drug-likeness (QED) is 0.696. The van der Waals surface area contributed by atoms with Gasteiger partial charge in [0.1, 0.15) is 18.0 Å². The Morgan fingerprint density at radius 3 is 2.76 bits per heavy atom. The minimum absolute atomic E-state index is 0.0553. The molecule has 0 aliphatic carbocycles. The van der Waals surface area contributed by atoms with Gasteiger partial charge < -0.3 is 29.9 Å². The molecule has 1 aromatic heterocycles. The number of likely N-dealkylation sites (N-methyl/N-ethyl adjacent to an activating group) is 1. The van der Waals surface area contributed by atoms with E-state index in [0.717, 1.165) is 5.69 Å². The molecule has 10 heteroatoms. The summed E-state index contributed by atoms with van der Waals surface area (Å²) in [4.78, 5) is 38.2. The molecule has 0 radical (unpaired) electrons. The summed E-state index contributed by atoms with van der Waals surface area (Å²) in [6.45, 7) is 5.47. The van der Waals surface area contributed by atoms with Gasteiger partial charge in [-0.3, -0.25) is 9.59 Å². The van der Waals surface area contributed by atoms with E-state index in [1.165, 1.54) is 6.33 Å². The first-order valence-corrected chi connectivity index (χ1v) is 11.3. The molecule has 10 nitrogen and oxygen atoms in total. The maximum absolute atomic E-state index is 12.9. The van der Waals surface area contributed by atoms with Gasteiger partial charge in [0.15, 0.2) is 11.5 Å². The molecule has 0 unspecified atom stereocenters. The van der Waals surface area contributed by atoms with Crippen LogP contribution in [0.1, 0.15) is 32.3 Å². The van der Waals surface area contributed by atoms with Crippen molar-refractivity contribution in [1.29, 1.82) is 0 Å². The molecular formula is C24H30N6O4. The maximum Gasteiger partial charge on any atom is 0.259 e. The van der Waals surface area contributed by atoms with E-state index in [9.17, 15) is 9.59 Å². The smallest absolute Gasteiger partial charge is 0.259 e. The number of nitrogens with zero attached hydrogens (tertiary/aromatic N) is 4. The number of hydrogen-bond acceptors (Lipinski definition) is 8. The summed E-state index contributed by atoms with van der Waals surface area (Å²) in [7, 11) is 3.48. The second kappa shape index (κ2) is 9.98. The molecule has 2 N–H and O–H groups in total. The van der Waals surface area contributed by atoms with Crippen molar-refractivity contribution in [2.75, 3.05) is 49.4 Å². The number of hydrogen-bond donors (Lipinski definition) is 2. The number of carbonyl (C=O) groups excluding carboxylic acids is 2. The normalized spacial score (nSPS) is 18.3. The van der Waals surface area contributed by atoms with E-state index in [0.29, 0.717) is 66.8 Å². The molecule has 2 bridgehead atoms. The molecule has 180 valence electrons. The number of anilines is 3. The summed E-state index contributed by atoms with van der Waals surface area (Å²) in [5.74, 6) is 2.04. The molecule has 0 saturated heterocycles. The van der Waals surface area contributed by atoms with Gasteiger partial charge >= 0.3 is 0 Å². The average molecular weight is 467 g/mol. The number of rotatable bonds is 2. The lowest BCUT2D eigenvalue weighted by Gasteiger charge is -2.30. The first kappa shape index (κ1) is 23.3. The van der Waals surface area contributed by atoms with Crippen LogP contribution in [0.15, 0.2) is 30.7 Å². The van der Waals surface area contributed by atoms with Gasteiger partial charge in [-0.2, -0.15) is 0 Å². The van der Waals surface area contributed by atoms with Crippen LogP contribution in [0.5, 0.6) is 11.5 Å². The zero-order valence-corrected chi connectivity index (χ0v) is 19.9. The van der Waals surface area contributed by atoms with Gasteiger partial charge in [-0.25, -0.2) is 9.97 Å². The maximum atomic E-state index is 12.9. The zero-order valence-electron chi connectivity index (χ0n) is 19.9. The van der Waals surface area contributed by atoms with E-state index in [-0.39, 0.29) is 17.9 Å². The fraction of sp³-hybridized carbons (Fsp3) is 0.417. The lowest BCUT2D eigenvalue weighted by molar-refractivity contribution is -0.133. The van der Waals surface area contributed by atoms with Crippen molar-refractivity contribution in [3.63, 3.8) is 0 Å². The molecule has 0 saturated carbocycles. The lowest BCUT2D eigenvalue weighted by Crippen LogP contribution is -2.42. The van der Waals surface area contributed by atoms with Crippen molar-refractivity contribution in [3.8, 4) is 11.5 Å². The highest BCUT2D eigenvalue weighted by molar-refractivity contribution is 6.32. The van der Waals surface area contributed by atoms with Crippen molar-refractivity contribution in [3.05, 3.63) is 36.3 Å². The van der Waals surface area contributed by atoms with Crippen molar-refractivity contribution in [1.82, 2.24) is 14.9 Å². The monoisotopic (exact) mass is 466 g/mol. The molecule has 34 heavy (non-hydrogen) atoms. The topological polar surface area (TPSA) is 109 Å². The van der Waals surface area contributed by atoms with Gasteiger partial charge in [0.05, 0.1) is 24.9 Å². The van der Waals surface area contributed by atoms with E-state index in [1.54, 1.807) is 25.4 Å².